The summed E-state index contributed by atoms with van der Waals surface area (Å²) in [6.45, 7) is 6.76. The topological polar surface area (TPSA) is 28.2 Å². The van der Waals surface area contributed by atoms with Gasteiger partial charge in [-0.05, 0) is 18.6 Å². The maximum atomic E-state index is 4.55. The maximum Gasteiger partial charge on any atom is 0.0575 e. The van der Waals surface area contributed by atoms with Crippen molar-refractivity contribution in [2.24, 2.45) is 0 Å². The molecule has 0 amide bonds. The molecule has 0 bridgehead atoms. The van der Waals surface area contributed by atoms with Crippen LogP contribution in [0.5, 0.6) is 0 Å². The highest BCUT2D eigenvalue weighted by atomic mass is 15.2. The maximum absolute atomic E-state index is 4.55. The highest BCUT2D eigenvalue weighted by molar-refractivity contribution is 5.09. The van der Waals surface area contributed by atoms with Gasteiger partial charge < -0.3 is 5.32 Å². The van der Waals surface area contributed by atoms with Crippen molar-refractivity contribution >= 4 is 0 Å². The molecule has 1 fully saturated rings. The van der Waals surface area contributed by atoms with E-state index in [0.717, 1.165) is 26.2 Å². The summed E-state index contributed by atoms with van der Waals surface area (Å²) in [4.78, 5) is 7.12. The summed E-state index contributed by atoms with van der Waals surface area (Å²) in [6.07, 6.45) is 5.69. The van der Waals surface area contributed by atoms with E-state index in [-0.39, 0.29) is 0 Å². The predicted molar refractivity (Wildman–Crippen MR) is 70.9 cm³/mol. The zero-order chi connectivity index (χ0) is 11.9. The summed E-state index contributed by atoms with van der Waals surface area (Å²) in [6, 6.07) is 6.78. The lowest BCUT2D eigenvalue weighted by molar-refractivity contribution is 0.160. The smallest absolute Gasteiger partial charge is 0.0575 e. The third-order valence-corrected chi connectivity index (χ3v) is 3.45. The van der Waals surface area contributed by atoms with Crippen molar-refractivity contribution in [3.05, 3.63) is 30.1 Å². The highest BCUT2D eigenvalue weighted by Crippen LogP contribution is 2.24. The number of hydrogen-bond donors (Lipinski definition) is 1. The van der Waals surface area contributed by atoms with Gasteiger partial charge in [0.25, 0.3) is 0 Å². The molecule has 1 aliphatic rings. The molecule has 1 atom stereocenters. The lowest BCUT2D eigenvalue weighted by Gasteiger charge is -2.34. The largest absolute Gasteiger partial charge is 0.314 e. The Hall–Kier alpha value is -0.930. The Morgan fingerprint density at radius 1 is 1.35 bits per heavy atom. The molecular weight excluding hydrogens is 210 g/mol. The molecule has 0 aromatic carbocycles. The molecule has 0 radical (unpaired) electrons. The molecule has 0 saturated carbocycles. The van der Waals surface area contributed by atoms with Gasteiger partial charge in [-0.15, -0.1) is 0 Å². The lowest BCUT2D eigenvalue weighted by atomic mass is 10.0. The van der Waals surface area contributed by atoms with Crippen LogP contribution in [-0.4, -0.2) is 36.1 Å². The first-order valence-electron chi connectivity index (χ1n) is 6.77. The molecule has 3 nitrogen and oxygen atoms in total. The van der Waals surface area contributed by atoms with Gasteiger partial charge in [-0.2, -0.15) is 0 Å². The number of rotatable bonds is 5. The molecule has 17 heavy (non-hydrogen) atoms. The van der Waals surface area contributed by atoms with E-state index in [9.17, 15) is 0 Å². The first kappa shape index (κ1) is 12.5. The first-order valence-corrected chi connectivity index (χ1v) is 6.77. The van der Waals surface area contributed by atoms with Crippen molar-refractivity contribution in [2.75, 3.05) is 26.2 Å². The third kappa shape index (κ3) is 3.51. The second-order valence-corrected chi connectivity index (χ2v) is 4.70. The van der Waals surface area contributed by atoms with Crippen LogP contribution in [0.4, 0.5) is 0 Å². The second-order valence-electron chi connectivity index (χ2n) is 4.70. The van der Waals surface area contributed by atoms with Crippen LogP contribution in [0.3, 0.4) is 0 Å². The Bertz CT molecular complexity index is 307. The summed E-state index contributed by atoms with van der Waals surface area (Å²) < 4.78 is 0. The van der Waals surface area contributed by atoms with Gasteiger partial charge in [-0.25, -0.2) is 0 Å². The number of unbranched alkanes of at least 4 members (excludes halogenated alkanes) is 1. The summed E-state index contributed by atoms with van der Waals surface area (Å²) in [5.74, 6) is 0. The van der Waals surface area contributed by atoms with E-state index in [1.807, 2.05) is 12.3 Å². The SMILES string of the molecule is CCCC[C@H](c1ccccn1)N1CCNCC1. The van der Waals surface area contributed by atoms with Crippen LogP contribution in [-0.2, 0) is 0 Å². The normalized spacial score (nSPS) is 19.1. The molecular formula is C14H23N3. The van der Waals surface area contributed by atoms with Crippen LogP contribution in [0.2, 0.25) is 0 Å². The fourth-order valence-corrected chi connectivity index (χ4v) is 2.48. The van der Waals surface area contributed by atoms with Crippen LogP contribution in [0, 0.1) is 0 Å². The minimum absolute atomic E-state index is 0.512. The van der Waals surface area contributed by atoms with Crippen LogP contribution in [0.25, 0.3) is 0 Å². The number of nitrogens with one attached hydrogen (secondary N) is 1. The summed E-state index contributed by atoms with van der Waals surface area (Å²) in [7, 11) is 0. The standard InChI is InChI=1S/C14H23N3/c1-2-3-7-14(13-6-4-5-8-16-13)17-11-9-15-10-12-17/h4-6,8,14-15H,2-3,7,9-12H2,1H3/t14-/m1/s1. The van der Waals surface area contributed by atoms with Crippen LogP contribution < -0.4 is 5.32 Å². The minimum Gasteiger partial charge on any atom is -0.314 e. The van der Waals surface area contributed by atoms with Crippen LogP contribution in [0.15, 0.2) is 24.4 Å². The van der Waals surface area contributed by atoms with Crippen LogP contribution in [0.1, 0.15) is 37.9 Å². The Labute approximate surface area is 104 Å². The Kier molecular flexibility index (Phi) is 4.95. The molecule has 0 aliphatic carbocycles. The number of piperazine rings is 1. The molecule has 1 saturated heterocycles. The van der Waals surface area contributed by atoms with E-state index in [1.165, 1.54) is 25.0 Å². The third-order valence-electron chi connectivity index (χ3n) is 3.45. The fraction of sp³-hybridized carbons (Fsp3) is 0.643. The Balaban J connectivity index is 2.06. The molecule has 1 N–H and O–H groups in total. The number of aromatic nitrogens is 1. The van der Waals surface area contributed by atoms with Gasteiger partial charge in [0.1, 0.15) is 0 Å². The van der Waals surface area contributed by atoms with Gasteiger partial charge in [0.05, 0.1) is 11.7 Å². The molecule has 2 heterocycles. The van der Waals surface area contributed by atoms with Crippen LogP contribution >= 0.6 is 0 Å². The Morgan fingerprint density at radius 2 is 2.18 bits per heavy atom. The predicted octanol–water partition coefficient (Wildman–Crippen LogP) is 2.22. The summed E-state index contributed by atoms with van der Waals surface area (Å²) >= 11 is 0. The van der Waals surface area contributed by atoms with Gasteiger partial charge in [-0.1, -0.05) is 25.8 Å². The zero-order valence-electron chi connectivity index (χ0n) is 10.7. The molecule has 2 rings (SSSR count). The molecule has 3 heteroatoms. The summed E-state index contributed by atoms with van der Waals surface area (Å²) in [5, 5.41) is 3.42. The van der Waals surface area contributed by atoms with Gasteiger partial charge in [0.2, 0.25) is 0 Å². The van der Waals surface area contributed by atoms with Gasteiger partial charge in [0, 0.05) is 32.4 Å². The van der Waals surface area contributed by atoms with E-state index < -0.39 is 0 Å². The second kappa shape index (κ2) is 6.72. The summed E-state index contributed by atoms with van der Waals surface area (Å²) in [5.41, 5.74) is 1.24. The van der Waals surface area contributed by atoms with Crippen molar-refractivity contribution < 1.29 is 0 Å². The molecule has 94 valence electrons. The van der Waals surface area contributed by atoms with Gasteiger partial charge in [-0.3, -0.25) is 9.88 Å². The molecule has 1 aromatic rings. The Morgan fingerprint density at radius 3 is 2.82 bits per heavy atom. The zero-order valence-corrected chi connectivity index (χ0v) is 10.7. The van der Waals surface area contributed by atoms with Gasteiger partial charge in [0.15, 0.2) is 0 Å². The van der Waals surface area contributed by atoms with E-state index in [4.69, 9.17) is 0 Å². The molecule has 0 unspecified atom stereocenters. The average molecular weight is 233 g/mol. The van der Waals surface area contributed by atoms with E-state index in [1.54, 1.807) is 0 Å². The van der Waals surface area contributed by atoms with Crippen molar-refractivity contribution in [2.45, 2.75) is 32.2 Å². The quantitative estimate of drug-likeness (QED) is 0.845. The molecule has 1 aromatic heterocycles. The highest BCUT2D eigenvalue weighted by Gasteiger charge is 2.22. The number of hydrogen-bond acceptors (Lipinski definition) is 3. The van der Waals surface area contributed by atoms with Crippen molar-refractivity contribution in [3.63, 3.8) is 0 Å². The molecule has 1 aliphatic heterocycles. The van der Waals surface area contributed by atoms with Gasteiger partial charge >= 0.3 is 0 Å². The molecule has 0 spiro atoms. The fourth-order valence-electron chi connectivity index (χ4n) is 2.48. The first-order chi connectivity index (χ1) is 8.42. The van der Waals surface area contributed by atoms with E-state index >= 15 is 0 Å². The number of nitrogens with zero attached hydrogens (tertiary/aromatic N) is 2. The average Bonchev–Trinajstić information content (AvgIpc) is 2.42. The van der Waals surface area contributed by atoms with Crippen molar-refractivity contribution in [1.29, 1.82) is 0 Å². The van der Waals surface area contributed by atoms with Crippen molar-refractivity contribution in [1.82, 2.24) is 15.2 Å². The van der Waals surface area contributed by atoms with Crippen molar-refractivity contribution in [3.8, 4) is 0 Å². The number of pyridine rings is 1. The van der Waals surface area contributed by atoms with E-state index in [2.05, 4.69) is 34.3 Å². The minimum atomic E-state index is 0.512. The lowest BCUT2D eigenvalue weighted by Crippen LogP contribution is -2.45. The van der Waals surface area contributed by atoms with E-state index in [0.29, 0.717) is 6.04 Å². The monoisotopic (exact) mass is 233 g/mol.